The van der Waals surface area contributed by atoms with Gasteiger partial charge in [0.05, 0.1) is 19.8 Å². The highest BCUT2D eigenvalue weighted by Crippen LogP contribution is 2.30. The van der Waals surface area contributed by atoms with Gasteiger partial charge in [0.15, 0.2) is 0 Å². The molecule has 2 N–H and O–H groups in total. The molecule has 1 aromatic heterocycles. The van der Waals surface area contributed by atoms with Gasteiger partial charge >= 0.3 is 5.97 Å². The van der Waals surface area contributed by atoms with Gasteiger partial charge in [-0.2, -0.15) is 0 Å². The van der Waals surface area contributed by atoms with Gasteiger partial charge in [0.1, 0.15) is 11.3 Å². The fourth-order valence-electron chi connectivity index (χ4n) is 2.72. The molecule has 0 spiro atoms. The standard InChI is InChI=1S/C19H16Br2N2O4/c1-26-17-4-3-10(5-12(17)19(25)27-2)8-23-18(24)13-9-22-16-7-15(21)14(20)6-11(13)16/h3-7,9,22H,8H2,1-2H3,(H,23,24). The molecule has 0 saturated carbocycles. The van der Waals surface area contributed by atoms with Crippen LogP contribution in [0.5, 0.6) is 5.75 Å². The number of hydrogen-bond donors (Lipinski definition) is 2. The van der Waals surface area contributed by atoms with Gasteiger partial charge in [0.2, 0.25) is 0 Å². The smallest absolute Gasteiger partial charge is 0.341 e. The van der Waals surface area contributed by atoms with Crippen LogP contribution in [0.25, 0.3) is 10.9 Å². The lowest BCUT2D eigenvalue weighted by atomic mass is 10.1. The number of fused-ring (bicyclic) bond motifs is 1. The fraction of sp³-hybridized carbons (Fsp3) is 0.158. The highest BCUT2D eigenvalue weighted by molar-refractivity contribution is 9.13. The average molecular weight is 496 g/mol. The van der Waals surface area contributed by atoms with E-state index in [1.807, 2.05) is 12.1 Å². The summed E-state index contributed by atoms with van der Waals surface area (Å²) in [4.78, 5) is 27.6. The number of halogens is 2. The quantitative estimate of drug-likeness (QED) is 0.513. The fourth-order valence-corrected chi connectivity index (χ4v) is 3.40. The zero-order valence-electron chi connectivity index (χ0n) is 14.6. The SMILES string of the molecule is COC(=O)c1cc(CNC(=O)c2c[nH]c3cc(Br)c(Br)cc23)ccc1OC. The molecule has 6 nitrogen and oxygen atoms in total. The third-order valence-corrected chi connectivity index (χ3v) is 5.93. The number of nitrogens with one attached hydrogen (secondary N) is 2. The van der Waals surface area contributed by atoms with Gasteiger partial charge in [-0.05, 0) is 61.7 Å². The molecule has 0 radical (unpaired) electrons. The number of aromatic amines is 1. The van der Waals surface area contributed by atoms with Crippen molar-refractivity contribution in [1.82, 2.24) is 10.3 Å². The van der Waals surface area contributed by atoms with Gasteiger partial charge in [-0.3, -0.25) is 4.79 Å². The van der Waals surface area contributed by atoms with E-state index in [2.05, 4.69) is 42.2 Å². The highest BCUT2D eigenvalue weighted by atomic mass is 79.9. The zero-order valence-corrected chi connectivity index (χ0v) is 17.7. The lowest BCUT2D eigenvalue weighted by molar-refractivity contribution is 0.0597. The second-order valence-corrected chi connectivity index (χ2v) is 7.43. The number of rotatable bonds is 5. The average Bonchev–Trinajstić information content (AvgIpc) is 3.08. The molecule has 3 rings (SSSR count). The van der Waals surface area contributed by atoms with Crippen molar-refractivity contribution in [2.24, 2.45) is 0 Å². The van der Waals surface area contributed by atoms with Crippen LogP contribution >= 0.6 is 31.9 Å². The summed E-state index contributed by atoms with van der Waals surface area (Å²) in [7, 11) is 2.79. The van der Waals surface area contributed by atoms with E-state index in [1.54, 1.807) is 24.4 Å². The van der Waals surface area contributed by atoms with E-state index >= 15 is 0 Å². The molecule has 140 valence electrons. The number of benzene rings is 2. The molecule has 0 bridgehead atoms. The molecule has 1 heterocycles. The Bertz CT molecular complexity index is 1030. The molecule has 0 unspecified atom stereocenters. The van der Waals surface area contributed by atoms with Crippen molar-refractivity contribution in [3.63, 3.8) is 0 Å². The van der Waals surface area contributed by atoms with E-state index in [0.29, 0.717) is 16.9 Å². The number of H-pyrrole nitrogens is 1. The lowest BCUT2D eigenvalue weighted by Gasteiger charge is -2.10. The van der Waals surface area contributed by atoms with Crippen molar-refractivity contribution >= 4 is 54.6 Å². The van der Waals surface area contributed by atoms with Crippen LogP contribution in [0.3, 0.4) is 0 Å². The van der Waals surface area contributed by atoms with Crippen LogP contribution < -0.4 is 10.1 Å². The van der Waals surface area contributed by atoms with Gasteiger partial charge in [0, 0.05) is 32.6 Å². The van der Waals surface area contributed by atoms with Crippen LogP contribution in [0.4, 0.5) is 0 Å². The Morgan fingerprint density at radius 3 is 2.52 bits per heavy atom. The van der Waals surface area contributed by atoms with Gasteiger partial charge < -0.3 is 19.8 Å². The summed E-state index contributed by atoms with van der Waals surface area (Å²) in [5.41, 5.74) is 2.47. The third-order valence-electron chi connectivity index (χ3n) is 4.09. The van der Waals surface area contributed by atoms with Gasteiger partial charge in [0.25, 0.3) is 5.91 Å². The van der Waals surface area contributed by atoms with E-state index in [0.717, 1.165) is 25.4 Å². The van der Waals surface area contributed by atoms with Crippen molar-refractivity contribution in [1.29, 1.82) is 0 Å². The Hall–Kier alpha value is -2.32. The Balaban J connectivity index is 1.80. The normalized spacial score (nSPS) is 10.7. The maximum Gasteiger partial charge on any atom is 0.341 e. The number of aromatic nitrogens is 1. The van der Waals surface area contributed by atoms with Crippen molar-refractivity contribution in [2.45, 2.75) is 6.54 Å². The third kappa shape index (κ3) is 4.01. The number of carbonyl (C=O) groups excluding carboxylic acids is 2. The highest BCUT2D eigenvalue weighted by Gasteiger charge is 2.16. The Kier molecular flexibility index (Phi) is 5.86. The van der Waals surface area contributed by atoms with E-state index in [4.69, 9.17) is 9.47 Å². The molecule has 0 aliphatic carbocycles. The molecule has 1 amide bonds. The Morgan fingerprint density at radius 1 is 1.07 bits per heavy atom. The number of carbonyl (C=O) groups is 2. The van der Waals surface area contributed by atoms with Crippen LogP contribution in [0.1, 0.15) is 26.3 Å². The van der Waals surface area contributed by atoms with Crippen LogP contribution in [-0.4, -0.2) is 31.1 Å². The Morgan fingerprint density at radius 2 is 1.81 bits per heavy atom. The summed E-state index contributed by atoms with van der Waals surface area (Å²) in [6.07, 6.45) is 1.67. The molecule has 2 aromatic carbocycles. The molecule has 0 atom stereocenters. The molecule has 0 saturated heterocycles. The number of hydrogen-bond acceptors (Lipinski definition) is 4. The first-order valence-electron chi connectivity index (χ1n) is 7.94. The molecule has 0 aliphatic rings. The van der Waals surface area contributed by atoms with Gasteiger partial charge in [-0.15, -0.1) is 0 Å². The summed E-state index contributed by atoms with van der Waals surface area (Å²) in [6.45, 7) is 0.261. The van der Waals surface area contributed by atoms with Crippen LogP contribution in [-0.2, 0) is 11.3 Å². The zero-order chi connectivity index (χ0) is 19.6. The molecule has 3 aromatic rings. The topological polar surface area (TPSA) is 80.4 Å². The maximum atomic E-state index is 12.6. The molecule has 8 heteroatoms. The monoisotopic (exact) mass is 494 g/mol. The minimum atomic E-state index is -0.493. The summed E-state index contributed by atoms with van der Waals surface area (Å²) in [5.74, 6) is -0.290. The van der Waals surface area contributed by atoms with Crippen LogP contribution in [0.2, 0.25) is 0 Å². The molecule has 0 aliphatic heterocycles. The van der Waals surface area contributed by atoms with Crippen LogP contribution in [0, 0.1) is 0 Å². The van der Waals surface area contributed by atoms with E-state index < -0.39 is 5.97 Å². The van der Waals surface area contributed by atoms with Gasteiger partial charge in [-0.25, -0.2) is 4.79 Å². The molecular formula is C19H16Br2N2O4. The molecular weight excluding hydrogens is 480 g/mol. The number of ether oxygens (including phenoxy) is 2. The number of methoxy groups -OCH3 is 2. The number of esters is 1. The molecule has 0 fully saturated rings. The summed E-state index contributed by atoms with van der Waals surface area (Å²) in [6, 6.07) is 8.90. The second-order valence-electron chi connectivity index (χ2n) is 5.72. The lowest BCUT2D eigenvalue weighted by Crippen LogP contribution is -2.22. The second kappa shape index (κ2) is 8.14. The van der Waals surface area contributed by atoms with Crippen molar-refractivity contribution in [2.75, 3.05) is 14.2 Å². The largest absolute Gasteiger partial charge is 0.496 e. The Labute approximate surface area is 172 Å². The van der Waals surface area contributed by atoms with E-state index in [9.17, 15) is 9.59 Å². The van der Waals surface area contributed by atoms with E-state index in [1.165, 1.54) is 14.2 Å². The summed E-state index contributed by atoms with van der Waals surface area (Å²) >= 11 is 6.90. The first-order valence-corrected chi connectivity index (χ1v) is 9.52. The minimum Gasteiger partial charge on any atom is -0.496 e. The van der Waals surface area contributed by atoms with Crippen molar-refractivity contribution in [3.8, 4) is 5.75 Å². The van der Waals surface area contributed by atoms with Crippen molar-refractivity contribution in [3.05, 3.63) is 62.2 Å². The predicted octanol–water partition coefficient (Wildman–Crippen LogP) is 4.42. The minimum absolute atomic E-state index is 0.217. The maximum absolute atomic E-state index is 12.6. The summed E-state index contributed by atoms with van der Waals surface area (Å²) < 4.78 is 11.7. The van der Waals surface area contributed by atoms with Gasteiger partial charge in [-0.1, -0.05) is 6.07 Å². The first-order chi connectivity index (χ1) is 12.9. The van der Waals surface area contributed by atoms with Crippen LogP contribution in [0.15, 0.2) is 45.5 Å². The summed E-state index contributed by atoms with van der Waals surface area (Å²) in [5, 5.41) is 3.68. The number of amides is 1. The van der Waals surface area contributed by atoms with E-state index in [-0.39, 0.29) is 12.5 Å². The predicted molar refractivity (Wildman–Crippen MR) is 109 cm³/mol. The van der Waals surface area contributed by atoms with Crippen molar-refractivity contribution < 1.29 is 19.1 Å². The first kappa shape index (κ1) is 19.4. The molecule has 27 heavy (non-hydrogen) atoms.